The van der Waals surface area contributed by atoms with Crippen LogP contribution in [0.15, 0.2) is 30.3 Å². The van der Waals surface area contributed by atoms with Gasteiger partial charge >= 0.3 is 5.97 Å². The van der Waals surface area contributed by atoms with Gasteiger partial charge in [0.05, 0.1) is 13.0 Å². The summed E-state index contributed by atoms with van der Waals surface area (Å²) >= 11 is 0. The Hall–Kier alpha value is -1.39. The van der Waals surface area contributed by atoms with Crippen LogP contribution in [0.25, 0.3) is 0 Å². The van der Waals surface area contributed by atoms with Crippen LogP contribution in [0.1, 0.15) is 24.9 Å². The van der Waals surface area contributed by atoms with Gasteiger partial charge in [0, 0.05) is 12.1 Å². The summed E-state index contributed by atoms with van der Waals surface area (Å²) in [5, 5.41) is 20.8. The molecule has 1 rings (SSSR count). The van der Waals surface area contributed by atoms with Crippen LogP contribution in [0.5, 0.6) is 0 Å². The van der Waals surface area contributed by atoms with Crippen molar-refractivity contribution in [1.82, 2.24) is 5.32 Å². The number of carboxylic acid groups (broad SMARTS) is 1. The lowest BCUT2D eigenvalue weighted by Gasteiger charge is -2.20. The van der Waals surface area contributed by atoms with Gasteiger partial charge in [0.15, 0.2) is 0 Å². The summed E-state index contributed by atoms with van der Waals surface area (Å²) in [6.07, 6.45) is -0.0757. The smallest absolute Gasteiger partial charge is 0.305 e. The van der Waals surface area contributed by atoms with Crippen molar-refractivity contribution >= 4 is 5.97 Å². The Labute approximate surface area is 94.9 Å². The maximum Gasteiger partial charge on any atom is 0.305 e. The van der Waals surface area contributed by atoms with E-state index in [0.717, 1.165) is 5.56 Å². The minimum atomic E-state index is -0.910. The standard InChI is InChI=1S/C12H17NO3/c1-9(10-5-3-2-4-6-10)13-11(8-14)7-12(15)16/h2-6,9,11,13-14H,7-8H2,1H3,(H,15,16)/t9?,11-/m0/s1. The minimum absolute atomic E-state index is 0.0256. The van der Waals surface area contributed by atoms with Crippen LogP contribution in [0, 0.1) is 0 Å². The number of carboxylic acids is 1. The molecule has 1 aromatic carbocycles. The molecule has 0 aliphatic carbocycles. The van der Waals surface area contributed by atoms with Crippen LogP contribution in [0.2, 0.25) is 0 Å². The lowest BCUT2D eigenvalue weighted by molar-refractivity contribution is -0.137. The number of rotatable bonds is 6. The highest BCUT2D eigenvalue weighted by Crippen LogP contribution is 2.12. The van der Waals surface area contributed by atoms with E-state index in [0.29, 0.717) is 0 Å². The molecular formula is C12H17NO3. The van der Waals surface area contributed by atoms with E-state index in [4.69, 9.17) is 10.2 Å². The van der Waals surface area contributed by atoms with Crippen molar-refractivity contribution in [3.05, 3.63) is 35.9 Å². The van der Waals surface area contributed by atoms with Crippen molar-refractivity contribution in [1.29, 1.82) is 0 Å². The molecular weight excluding hydrogens is 206 g/mol. The Morgan fingerprint density at radius 2 is 2.00 bits per heavy atom. The number of aliphatic hydroxyl groups excluding tert-OH is 1. The van der Waals surface area contributed by atoms with E-state index in [9.17, 15) is 4.79 Å². The number of hydrogen-bond donors (Lipinski definition) is 3. The summed E-state index contributed by atoms with van der Waals surface area (Å²) in [6.45, 7) is 1.77. The number of aliphatic hydroxyl groups is 1. The van der Waals surface area contributed by atoms with E-state index in [1.807, 2.05) is 37.3 Å². The number of nitrogens with one attached hydrogen (secondary N) is 1. The Balaban J connectivity index is 2.55. The first-order valence-electron chi connectivity index (χ1n) is 5.27. The van der Waals surface area contributed by atoms with E-state index in [1.165, 1.54) is 0 Å². The van der Waals surface area contributed by atoms with E-state index >= 15 is 0 Å². The van der Waals surface area contributed by atoms with Crippen molar-refractivity contribution in [2.45, 2.75) is 25.4 Å². The second-order valence-corrected chi connectivity index (χ2v) is 3.78. The molecule has 0 aromatic heterocycles. The quantitative estimate of drug-likeness (QED) is 0.677. The zero-order chi connectivity index (χ0) is 12.0. The SMILES string of the molecule is CC(N[C@H](CO)CC(=O)O)c1ccccc1. The Morgan fingerprint density at radius 3 is 2.50 bits per heavy atom. The molecule has 1 unspecified atom stereocenters. The largest absolute Gasteiger partial charge is 0.481 e. The second kappa shape index (κ2) is 6.25. The molecule has 0 bridgehead atoms. The molecule has 0 aliphatic heterocycles. The van der Waals surface area contributed by atoms with Gasteiger partial charge in [-0.2, -0.15) is 0 Å². The van der Waals surface area contributed by atoms with Gasteiger partial charge in [-0.1, -0.05) is 30.3 Å². The van der Waals surface area contributed by atoms with Gasteiger partial charge in [-0.3, -0.25) is 4.79 Å². The molecule has 0 amide bonds. The molecule has 0 radical (unpaired) electrons. The Morgan fingerprint density at radius 1 is 1.38 bits per heavy atom. The van der Waals surface area contributed by atoms with Crippen LogP contribution in [0.3, 0.4) is 0 Å². The van der Waals surface area contributed by atoms with Crippen LogP contribution in [-0.2, 0) is 4.79 Å². The Kier molecular flexibility index (Phi) is 4.95. The van der Waals surface area contributed by atoms with Gasteiger partial charge in [0.1, 0.15) is 0 Å². The molecule has 0 spiro atoms. The highest BCUT2D eigenvalue weighted by Gasteiger charge is 2.15. The molecule has 0 saturated carbocycles. The third kappa shape index (κ3) is 4.00. The zero-order valence-corrected chi connectivity index (χ0v) is 9.26. The van der Waals surface area contributed by atoms with Crippen LogP contribution in [-0.4, -0.2) is 28.8 Å². The summed E-state index contributed by atoms with van der Waals surface area (Å²) in [5.74, 6) is -0.910. The van der Waals surface area contributed by atoms with Gasteiger partial charge in [0.2, 0.25) is 0 Å². The summed E-state index contributed by atoms with van der Waals surface area (Å²) < 4.78 is 0. The molecule has 2 atom stereocenters. The van der Waals surface area contributed by atoms with Crippen molar-refractivity contribution in [3.63, 3.8) is 0 Å². The second-order valence-electron chi connectivity index (χ2n) is 3.78. The molecule has 4 heteroatoms. The third-order valence-corrected chi connectivity index (χ3v) is 2.43. The summed E-state index contributed by atoms with van der Waals surface area (Å²) in [7, 11) is 0. The molecule has 88 valence electrons. The topological polar surface area (TPSA) is 69.6 Å². The Bertz CT molecular complexity index is 326. The fourth-order valence-electron chi connectivity index (χ4n) is 1.58. The molecule has 16 heavy (non-hydrogen) atoms. The van der Waals surface area contributed by atoms with E-state index < -0.39 is 12.0 Å². The first-order chi connectivity index (χ1) is 7.63. The molecule has 0 saturated heterocycles. The summed E-state index contributed by atoms with van der Waals surface area (Å²) in [5.41, 5.74) is 1.08. The normalized spacial score (nSPS) is 14.4. The highest BCUT2D eigenvalue weighted by atomic mass is 16.4. The first-order valence-corrected chi connectivity index (χ1v) is 5.27. The predicted molar refractivity (Wildman–Crippen MR) is 61.1 cm³/mol. The molecule has 4 nitrogen and oxygen atoms in total. The lowest BCUT2D eigenvalue weighted by atomic mass is 10.1. The average Bonchev–Trinajstić information content (AvgIpc) is 2.28. The first kappa shape index (κ1) is 12.7. The van der Waals surface area contributed by atoms with E-state index in [2.05, 4.69) is 5.32 Å². The van der Waals surface area contributed by atoms with Crippen molar-refractivity contribution in [3.8, 4) is 0 Å². The van der Waals surface area contributed by atoms with Gasteiger partial charge in [0.25, 0.3) is 0 Å². The minimum Gasteiger partial charge on any atom is -0.481 e. The number of hydrogen-bond acceptors (Lipinski definition) is 3. The maximum absolute atomic E-state index is 10.5. The van der Waals surface area contributed by atoms with Gasteiger partial charge in [-0.05, 0) is 12.5 Å². The zero-order valence-electron chi connectivity index (χ0n) is 9.26. The van der Waals surface area contributed by atoms with Gasteiger partial charge < -0.3 is 15.5 Å². The predicted octanol–water partition coefficient (Wildman–Crippen LogP) is 1.17. The summed E-state index contributed by atoms with van der Waals surface area (Å²) in [4.78, 5) is 10.5. The van der Waals surface area contributed by atoms with Gasteiger partial charge in [-0.15, -0.1) is 0 Å². The van der Waals surface area contributed by atoms with Crippen molar-refractivity contribution < 1.29 is 15.0 Å². The number of carbonyl (C=O) groups is 1. The van der Waals surface area contributed by atoms with Crippen LogP contribution >= 0.6 is 0 Å². The van der Waals surface area contributed by atoms with Crippen LogP contribution < -0.4 is 5.32 Å². The van der Waals surface area contributed by atoms with Crippen molar-refractivity contribution in [2.75, 3.05) is 6.61 Å². The lowest BCUT2D eigenvalue weighted by Crippen LogP contribution is -2.36. The maximum atomic E-state index is 10.5. The van der Waals surface area contributed by atoms with Crippen LogP contribution in [0.4, 0.5) is 0 Å². The third-order valence-electron chi connectivity index (χ3n) is 2.43. The van der Waals surface area contributed by atoms with Gasteiger partial charge in [-0.25, -0.2) is 0 Å². The summed E-state index contributed by atoms with van der Waals surface area (Å²) in [6, 6.07) is 9.33. The molecule has 0 heterocycles. The monoisotopic (exact) mass is 223 g/mol. The number of aliphatic carboxylic acids is 1. The van der Waals surface area contributed by atoms with Crippen molar-refractivity contribution in [2.24, 2.45) is 0 Å². The average molecular weight is 223 g/mol. The molecule has 0 aliphatic rings. The number of benzene rings is 1. The van der Waals surface area contributed by atoms with E-state index in [-0.39, 0.29) is 19.1 Å². The fraction of sp³-hybridized carbons (Fsp3) is 0.417. The molecule has 0 fully saturated rings. The molecule has 1 aromatic rings. The van der Waals surface area contributed by atoms with E-state index in [1.54, 1.807) is 0 Å². The highest BCUT2D eigenvalue weighted by molar-refractivity contribution is 5.67. The molecule has 3 N–H and O–H groups in total. The fourth-order valence-corrected chi connectivity index (χ4v) is 1.58.